The number of benzene rings is 2. The predicted molar refractivity (Wildman–Crippen MR) is 114 cm³/mol. The van der Waals surface area contributed by atoms with Gasteiger partial charge in [0.2, 0.25) is 5.91 Å². The van der Waals surface area contributed by atoms with Gasteiger partial charge in [-0.3, -0.25) is 4.79 Å². The number of halogens is 2. The van der Waals surface area contributed by atoms with Crippen molar-refractivity contribution in [2.24, 2.45) is 10.2 Å². The quantitative estimate of drug-likeness (QED) is 0.543. The van der Waals surface area contributed by atoms with E-state index in [4.69, 9.17) is 32.7 Å². The number of hydrogen-bond donors (Lipinski definition) is 1. The third-order valence-corrected chi connectivity index (χ3v) is 5.91. The predicted octanol–water partition coefficient (Wildman–Crippen LogP) is 4.17. The molecule has 3 rings (SSSR count). The highest BCUT2D eigenvalue weighted by molar-refractivity contribution is 8.15. The molecular formula is C19H17Cl2N3O3S. The smallest absolute Gasteiger partial charge is 0.239 e. The Morgan fingerprint density at radius 1 is 1.18 bits per heavy atom. The summed E-state index contributed by atoms with van der Waals surface area (Å²) in [7, 11) is 3.14. The van der Waals surface area contributed by atoms with Gasteiger partial charge in [-0.25, -0.2) is 0 Å². The number of carbonyl (C=O) groups is 1. The molecule has 0 unspecified atom stereocenters. The Kier molecular flexibility index (Phi) is 6.83. The average molecular weight is 438 g/mol. The number of carbonyl (C=O) groups excluding carboxylic acids is 1. The Hall–Kier alpha value is -2.22. The summed E-state index contributed by atoms with van der Waals surface area (Å²) in [4.78, 5) is 12.2. The SMILES string of the molecule is COc1ccc(/C=N\N=C2\NC(=O)[C@@H](Cc3cccc(Cl)c3Cl)S2)cc1OC. The molecule has 146 valence electrons. The molecule has 1 amide bonds. The summed E-state index contributed by atoms with van der Waals surface area (Å²) in [5.74, 6) is 1.09. The van der Waals surface area contributed by atoms with Gasteiger partial charge >= 0.3 is 0 Å². The third kappa shape index (κ3) is 4.79. The average Bonchev–Trinajstić information content (AvgIpc) is 3.04. The number of hydrogen-bond acceptors (Lipinski definition) is 6. The standard InChI is InChI=1S/C19H17Cl2N3O3S/c1-26-14-7-6-11(8-15(14)27-2)10-22-24-19-23-18(25)16(28-19)9-12-4-3-5-13(20)17(12)21/h3-8,10,16H,9H2,1-2H3,(H,23,24,25)/b22-10-/t16-/m1/s1. The summed E-state index contributed by atoms with van der Waals surface area (Å²) in [5.41, 5.74) is 1.61. The van der Waals surface area contributed by atoms with Gasteiger partial charge < -0.3 is 14.8 Å². The highest BCUT2D eigenvalue weighted by Gasteiger charge is 2.31. The van der Waals surface area contributed by atoms with Crippen LogP contribution in [0.2, 0.25) is 10.0 Å². The Balaban J connectivity index is 1.67. The van der Waals surface area contributed by atoms with Crippen LogP contribution in [0, 0.1) is 0 Å². The van der Waals surface area contributed by atoms with Crippen LogP contribution < -0.4 is 14.8 Å². The second-order valence-corrected chi connectivity index (χ2v) is 7.75. The number of amides is 1. The molecule has 1 fully saturated rings. The molecule has 0 radical (unpaired) electrons. The molecule has 0 aromatic heterocycles. The molecule has 1 saturated heterocycles. The fourth-order valence-corrected chi connectivity index (χ4v) is 3.92. The Morgan fingerprint density at radius 3 is 2.71 bits per heavy atom. The normalized spacial score (nSPS) is 17.9. The second-order valence-electron chi connectivity index (χ2n) is 5.78. The van der Waals surface area contributed by atoms with Gasteiger partial charge in [0.05, 0.1) is 35.7 Å². The molecule has 1 heterocycles. The molecular weight excluding hydrogens is 421 g/mol. The summed E-state index contributed by atoms with van der Waals surface area (Å²) >= 11 is 13.5. The lowest BCUT2D eigenvalue weighted by Crippen LogP contribution is -2.26. The third-order valence-electron chi connectivity index (χ3n) is 3.98. The Morgan fingerprint density at radius 2 is 1.96 bits per heavy atom. The summed E-state index contributed by atoms with van der Waals surface area (Å²) in [6.07, 6.45) is 2.02. The maximum Gasteiger partial charge on any atom is 0.239 e. The lowest BCUT2D eigenvalue weighted by atomic mass is 10.1. The first kappa shape index (κ1) is 20.5. The van der Waals surface area contributed by atoms with E-state index in [0.29, 0.717) is 33.1 Å². The van der Waals surface area contributed by atoms with Crippen molar-refractivity contribution in [2.45, 2.75) is 11.7 Å². The van der Waals surface area contributed by atoms with Crippen molar-refractivity contribution in [2.75, 3.05) is 14.2 Å². The molecule has 1 atom stereocenters. The van der Waals surface area contributed by atoms with Crippen molar-refractivity contribution in [3.63, 3.8) is 0 Å². The molecule has 2 aromatic carbocycles. The van der Waals surface area contributed by atoms with Crippen LogP contribution in [0.1, 0.15) is 11.1 Å². The van der Waals surface area contributed by atoms with Crippen LogP contribution in [0.5, 0.6) is 11.5 Å². The first-order valence-electron chi connectivity index (χ1n) is 8.25. The molecule has 9 heteroatoms. The maximum absolute atomic E-state index is 12.2. The minimum absolute atomic E-state index is 0.138. The Bertz CT molecular complexity index is 950. The van der Waals surface area contributed by atoms with E-state index >= 15 is 0 Å². The largest absolute Gasteiger partial charge is 0.493 e. The fourth-order valence-electron chi connectivity index (χ4n) is 2.57. The summed E-state index contributed by atoms with van der Waals surface area (Å²) in [6, 6.07) is 10.8. The first-order chi connectivity index (χ1) is 13.5. The van der Waals surface area contributed by atoms with Crippen molar-refractivity contribution in [3.05, 3.63) is 57.6 Å². The highest BCUT2D eigenvalue weighted by Crippen LogP contribution is 2.30. The lowest BCUT2D eigenvalue weighted by Gasteiger charge is -2.08. The van der Waals surface area contributed by atoms with Crippen LogP contribution in [0.4, 0.5) is 0 Å². The van der Waals surface area contributed by atoms with E-state index in [1.807, 2.05) is 18.2 Å². The van der Waals surface area contributed by atoms with Gasteiger partial charge in [0.25, 0.3) is 0 Å². The number of nitrogens with one attached hydrogen (secondary N) is 1. The molecule has 2 aromatic rings. The van der Waals surface area contributed by atoms with Crippen molar-refractivity contribution in [1.29, 1.82) is 0 Å². The zero-order valence-corrected chi connectivity index (χ0v) is 17.4. The van der Waals surface area contributed by atoms with E-state index in [1.54, 1.807) is 38.6 Å². The molecule has 0 spiro atoms. The van der Waals surface area contributed by atoms with Crippen LogP contribution in [0.25, 0.3) is 0 Å². The van der Waals surface area contributed by atoms with Gasteiger partial charge in [-0.2, -0.15) is 5.10 Å². The second kappa shape index (κ2) is 9.32. The monoisotopic (exact) mass is 437 g/mol. The van der Waals surface area contributed by atoms with Gasteiger partial charge in [-0.15, -0.1) is 5.10 Å². The van der Waals surface area contributed by atoms with Crippen LogP contribution in [-0.2, 0) is 11.2 Å². The van der Waals surface area contributed by atoms with Crippen LogP contribution >= 0.6 is 35.0 Å². The highest BCUT2D eigenvalue weighted by atomic mass is 35.5. The Labute approximate surface area is 176 Å². The van der Waals surface area contributed by atoms with E-state index in [9.17, 15) is 4.79 Å². The van der Waals surface area contributed by atoms with Crippen molar-refractivity contribution in [3.8, 4) is 11.5 Å². The number of thioether (sulfide) groups is 1. The molecule has 6 nitrogen and oxygen atoms in total. The van der Waals surface area contributed by atoms with Gasteiger partial charge in [0, 0.05) is 0 Å². The van der Waals surface area contributed by atoms with Crippen molar-refractivity contribution >= 4 is 52.3 Å². The van der Waals surface area contributed by atoms with E-state index in [-0.39, 0.29) is 11.2 Å². The zero-order chi connectivity index (χ0) is 20.1. The maximum atomic E-state index is 12.2. The molecule has 0 bridgehead atoms. The first-order valence-corrected chi connectivity index (χ1v) is 9.89. The molecule has 0 aliphatic carbocycles. The number of nitrogens with zero attached hydrogens (tertiary/aromatic N) is 2. The number of amidine groups is 1. The number of methoxy groups -OCH3 is 2. The minimum atomic E-state index is -0.342. The minimum Gasteiger partial charge on any atom is -0.493 e. The van der Waals surface area contributed by atoms with Crippen LogP contribution in [0.15, 0.2) is 46.6 Å². The van der Waals surface area contributed by atoms with Crippen LogP contribution in [0.3, 0.4) is 0 Å². The molecule has 1 aliphatic rings. The van der Waals surface area contributed by atoms with E-state index in [1.165, 1.54) is 11.8 Å². The van der Waals surface area contributed by atoms with Gasteiger partial charge in [0.15, 0.2) is 16.7 Å². The van der Waals surface area contributed by atoms with E-state index in [0.717, 1.165) is 11.1 Å². The topological polar surface area (TPSA) is 72.3 Å². The fraction of sp³-hybridized carbons (Fsp3) is 0.211. The molecule has 1 aliphatic heterocycles. The summed E-state index contributed by atoms with van der Waals surface area (Å²) in [5, 5.41) is 11.9. The van der Waals surface area contributed by atoms with Crippen molar-refractivity contribution < 1.29 is 14.3 Å². The van der Waals surface area contributed by atoms with Crippen LogP contribution in [-0.4, -0.2) is 36.8 Å². The zero-order valence-electron chi connectivity index (χ0n) is 15.1. The van der Waals surface area contributed by atoms with Gasteiger partial charge in [-0.05, 0) is 41.8 Å². The number of rotatable bonds is 6. The molecule has 0 saturated carbocycles. The molecule has 28 heavy (non-hydrogen) atoms. The summed E-state index contributed by atoms with van der Waals surface area (Å²) < 4.78 is 10.5. The summed E-state index contributed by atoms with van der Waals surface area (Å²) in [6.45, 7) is 0. The van der Waals surface area contributed by atoms with Gasteiger partial charge in [0.1, 0.15) is 0 Å². The molecule has 1 N–H and O–H groups in total. The lowest BCUT2D eigenvalue weighted by molar-refractivity contribution is -0.118. The van der Waals surface area contributed by atoms with Gasteiger partial charge in [-0.1, -0.05) is 47.1 Å². The van der Waals surface area contributed by atoms with E-state index < -0.39 is 0 Å². The number of ether oxygens (including phenoxy) is 2. The van der Waals surface area contributed by atoms with Crippen molar-refractivity contribution in [1.82, 2.24) is 5.32 Å². The van der Waals surface area contributed by atoms with E-state index in [2.05, 4.69) is 15.5 Å².